The third-order valence-electron chi connectivity index (χ3n) is 3.34. The molecule has 2 amide bonds. The zero-order valence-electron chi connectivity index (χ0n) is 13.0. The first kappa shape index (κ1) is 15.6. The van der Waals surface area contributed by atoms with Gasteiger partial charge in [0.1, 0.15) is 12.4 Å². The van der Waals surface area contributed by atoms with Crippen LogP contribution in [0.4, 0.5) is 4.79 Å². The number of morpholine rings is 1. The summed E-state index contributed by atoms with van der Waals surface area (Å²) in [4.78, 5) is 13.9. The van der Waals surface area contributed by atoms with Gasteiger partial charge in [-0.05, 0) is 38.5 Å². The molecule has 1 heterocycles. The molecule has 5 heteroatoms. The number of hydrogen-bond donors (Lipinski definition) is 1. The molecule has 1 fully saturated rings. The minimum atomic E-state index is -0.0511. The number of carbonyl (C=O) groups excluding carboxylic acids is 1. The number of benzene rings is 1. The lowest BCUT2D eigenvalue weighted by atomic mass is 10.2. The van der Waals surface area contributed by atoms with Crippen LogP contribution in [0, 0.1) is 6.92 Å². The summed E-state index contributed by atoms with van der Waals surface area (Å²) >= 11 is 0. The number of carbonyl (C=O) groups is 1. The Kier molecular flexibility index (Phi) is 5.44. The fraction of sp³-hybridized carbons (Fsp3) is 0.562. The van der Waals surface area contributed by atoms with Crippen LogP contribution in [0.3, 0.4) is 0 Å². The third kappa shape index (κ3) is 4.93. The molecule has 116 valence electrons. The van der Waals surface area contributed by atoms with Crippen molar-refractivity contribution in [3.63, 3.8) is 0 Å². The number of nitrogens with zero attached hydrogens (tertiary/aromatic N) is 1. The van der Waals surface area contributed by atoms with Crippen LogP contribution in [-0.4, -0.2) is 49.4 Å². The van der Waals surface area contributed by atoms with Gasteiger partial charge in [-0.1, -0.05) is 12.1 Å². The summed E-state index contributed by atoms with van der Waals surface area (Å²) in [5.41, 5.74) is 1.16. The van der Waals surface area contributed by atoms with Crippen molar-refractivity contribution in [2.75, 3.05) is 26.2 Å². The maximum Gasteiger partial charge on any atom is 0.317 e. The topological polar surface area (TPSA) is 50.8 Å². The Bertz CT molecular complexity index is 468. The molecule has 0 bridgehead atoms. The highest BCUT2D eigenvalue weighted by Crippen LogP contribution is 2.12. The molecule has 5 nitrogen and oxygen atoms in total. The first-order valence-corrected chi connectivity index (χ1v) is 7.42. The Morgan fingerprint density at radius 2 is 2.10 bits per heavy atom. The lowest BCUT2D eigenvalue weighted by Gasteiger charge is -2.35. The summed E-state index contributed by atoms with van der Waals surface area (Å²) < 4.78 is 11.2. The van der Waals surface area contributed by atoms with Crippen molar-refractivity contribution < 1.29 is 14.3 Å². The first-order valence-electron chi connectivity index (χ1n) is 7.42. The van der Waals surface area contributed by atoms with Gasteiger partial charge < -0.3 is 19.7 Å². The van der Waals surface area contributed by atoms with Crippen molar-refractivity contribution in [3.8, 4) is 5.75 Å². The summed E-state index contributed by atoms with van der Waals surface area (Å²) in [5.74, 6) is 0.831. The van der Waals surface area contributed by atoms with Crippen LogP contribution in [0.1, 0.15) is 19.4 Å². The molecule has 21 heavy (non-hydrogen) atoms. The number of aryl methyl sites for hydroxylation is 1. The van der Waals surface area contributed by atoms with Gasteiger partial charge in [0, 0.05) is 13.1 Å². The maximum atomic E-state index is 12.1. The molecule has 2 rings (SSSR count). The van der Waals surface area contributed by atoms with Gasteiger partial charge in [-0.2, -0.15) is 0 Å². The van der Waals surface area contributed by atoms with Crippen molar-refractivity contribution in [1.29, 1.82) is 0 Å². The van der Waals surface area contributed by atoms with Crippen molar-refractivity contribution in [2.45, 2.75) is 33.0 Å². The van der Waals surface area contributed by atoms with Gasteiger partial charge in [-0.15, -0.1) is 0 Å². The Hall–Kier alpha value is -1.75. The molecule has 0 saturated carbocycles. The molecule has 0 aliphatic carbocycles. The van der Waals surface area contributed by atoms with Crippen molar-refractivity contribution in [2.24, 2.45) is 0 Å². The van der Waals surface area contributed by atoms with E-state index in [0.29, 0.717) is 26.2 Å². The molecule has 0 aromatic heterocycles. The molecule has 0 radical (unpaired) electrons. The largest absolute Gasteiger partial charge is 0.492 e. The van der Waals surface area contributed by atoms with Gasteiger partial charge in [0.15, 0.2) is 0 Å². The molecule has 1 aromatic carbocycles. The number of amides is 2. The fourth-order valence-corrected chi connectivity index (χ4v) is 2.49. The van der Waals surface area contributed by atoms with Gasteiger partial charge in [0.2, 0.25) is 0 Å². The highest BCUT2D eigenvalue weighted by Gasteiger charge is 2.25. The highest BCUT2D eigenvalue weighted by molar-refractivity contribution is 5.74. The molecule has 2 atom stereocenters. The summed E-state index contributed by atoms with van der Waals surface area (Å²) in [5, 5.41) is 2.88. The Morgan fingerprint density at radius 3 is 2.76 bits per heavy atom. The van der Waals surface area contributed by atoms with Crippen molar-refractivity contribution >= 4 is 6.03 Å². The van der Waals surface area contributed by atoms with E-state index >= 15 is 0 Å². The van der Waals surface area contributed by atoms with Crippen molar-refractivity contribution in [1.82, 2.24) is 10.2 Å². The molecule has 2 unspecified atom stereocenters. The molecule has 1 aliphatic rings. The lowest BCUT2D eigenvalue weighted by Crippen LogP contribution is -2.52. The molecule has 0 spiro atoms. The van der Waals surface area contributed by atoms with E-state index in [0.717, 1.165) is 11.3 Å². The van der Waals surface area contributed by atoms with E-state index < -0.39 is 0 Å². The zero-order chi connectivity index (χ0) is 15.2. The molecule has 1 saturated heterocycles. The van der Waals surface area contributed by atoms with E-state index in [2.05, 4.69) is 5.32 Å². The van der Waals surface area contributed by atoms with Gasteiger partial charge >= 0.3 is 6.03 Å². The zero-order valence-corrected chi connectivity index (χ0v) is 13.0. The first-order chi connectivity index (χ1) is 10.0. The smallest absolute Gasteiger partial charge is 0.317 e. The SMILES string of the molecule is Cc1cccc(OCCNC(=O)N2CC(C)OC(C)C2)c1. The second-order valence-electron chi connectivity index (χ2n) is 5.56. The van der Waals surface area contributed by atoms with E-state index in [1.54, 1.807) is 4.90 Å². The monoisotopic (exact) mass is 292 g/mol. The number of nitrogens with one attached hydrogen (secondary N) is 1. The lowest BCUT2D eigenvalue weighted by molar-refractivity contribution is -0.0545. The second-order valence-corrected chi connectivity index (χ2v) is 5.56. The van der Waals surface area contributed by atoms with Crippen LogP contribution >= 0.6 is 0 Å². The van der Waals surface area contributed by atoms with Gasteiger partial charge in [0.05, 0.1) is 18.8 Å². The minimum absolute atomic E-state index is 0.0511. The van der Waals surface area contributed by atoms with Gasteiger partial charge in [0.25, 0.3) is 0 Å². The van der Waals surface area contributed by atoms with Crippen LogP contribution in [0.2, 0.25) is 0 Å². The molecular weight excluding hydrogens is 268 g/mol. The number of urea groups is 1. The minimum Gasteiger partial charge on any atom is -0.492 e. The molecule has 1 aromatic rings. The molecular formula is C16H24N2O3. The van der Waals surface area contributed by atoms with Gasteiger partial charge in [-0.25, -0.2) is 4.79 Å². The summed E-state index contributed by atoms with van der Waals surface area (Å²) in [6.45, 7) is 8.21. The summed E-state index contributed by atoms with van der Waals surface area (Å²) in [7, 11) is 0. The number of ether oxygens (including phenoxy) is 2. The van der Waals surface area contributed by atoms with E-state index in [1.807, 2.05) is 45.0 Å². The highest BCUT2D eigenvalue weighted by atomic mass is 16.5. The van der Waals surface area contributed by atoms with E-state index in [9.17, 15) is 4.79 Å². The number of rotatable bonds is 4. The van der Waals surface area contributed by atoms with Crippen LogP contribution in [-0.2, 0) is 4.74 Å². The molecule has 1 aliphatic heterocycles. The van der Waals surface area contributed by atoms with Crippen molar-refractivity contribution in [3.05, 3.63) is 29.8 Å². The van der Waals surface area contributed by atoms with Crippen LogP contribution in [0.15, 0.2) is 24.3 Å². The Balaban J connectivity index is 1.69. The average Bonchev–Trinajstić information content (AvgIpc) is 2.42. The fourth-order valence-electron chi connectivity index (χ4n) is 2.49. The molecule has 1 N–H and O–H groups in total. The Labute approximate surface area is 126 Å². The van der Waals surface area contributed by atoms with E-state index in [1.165, 1.54) is 0 Å². The van der Waals surface area contributed by atoms with E-state index in [4.69, 9.17) is 9.47 Å². The second kappa shape index (κ2) is 7.31. The van der Waals surface area contributed by atoms with Crippen LogP contribution < -0.4 is 10.1 Å². The summed E-state index contributed by atoms with van der Waals surface area (Å²) in [6, 6.07) is 7.83. The van der Waals surface area contributed by atoms with Gasteiger partial charge in [-0.3, -0.25) is 0 Å². The van der Waals surface area contributed by atoms with E-state index in [-0.39, 0.29) is 18.2 Å². The summed E-state index contributed by atoms with van der Waals surface area (Å²) in [6.07, 6.45) is 0.172. The maximum absolute atomic E-state index is 12.1. The normalized spacial score (nSPS) is 22.0. The standard InChI is InChI=1S/C16H24N2O3/c1-12-5-4-6-15(9-12)20-8-7-17-16(19)18-10-13(2)21-14(3)11-18/h4-6,9,13-14H,7-8,10-11H2,1-3H3,(H,17,19). The van der Waals surface area contributed by atoms with Crippen LogP contribution in [0.25, 0.3) is 0 Å². The average molecular weight is 292 g/mol. The third-order valence-corrected chi connectivity index (χ3v) is 3.34. The number of hydrogen-bond acceptors (Lipinski definition) is 3. The predicted molar refractivity (Wildman–Crippen MR) is 81.7 cm³/mol. The Morgan fingerprint density at radius 1 is 1.38 bits per heavy atom. The van der Waals surface area contributed by atoms with Crippen LogP contribution in [0.5, 0.6) is 5.75 Å². The quantitative estimate of drug-likeness (QED) is 0.866. The predicted octanol–water partition coefficient (Wildman–Crippen LogP) is 2.19.